The van der Waals surface area contributed by atoms with E-state index < -0.39 is 28.7 Å². The molecular formula is C13H23F3N2O2S. The van der Waals surface area contributed by atoms with Crippen LogP contribution in [0.3, 0.4) is 0 Å². The normalized spacial score (nSPS) is 29.5. The third kappa shape index (κ3) is 4.82. The number of nitrogens with zero attached hydrogens (tertiary/aromatic N) is 1. The maximum atomic E-state index is 12.7. The van der Waals surface area contributed by atoms with Gasteiger partial charge in [0, 0.05) is 19.1 Å². The van der Waals surface area contributed by atoms with Gasteiger partial charge in [0.1, 0.15) is 0 Å². The minimum atomic E-state index is -4.31. The maximum absolute atomic E-state index is 12.7. The first-order valence-corrected chi connectivity index (χ1v) is 9.18. The van der Waals surface area contributed by atoms with Gasteiger partial charge < -0.3 is 5.32 Å². The van der Waals surface area contributed by atoms with Crippen LogP contribution in [0, 0.1) is 5.92 Å². The van der Waals surface area contributed by atoms with Gasteiger partial charge >= 0.3 is 6.18 Å². The number of rotatable bonds is 4. The third-order valence-corrected chi connectivity index (χ3v) is 6.25. The van der Waals surface area contributed by atoms with Gasteiger partial charge in [-0.2, -0.15) is 13.2 Å². The van der Waals surface area contributed by atoms with E-state index in [9.17, 15) is 21.6 Å². The van der Waals surface area contributed by atoms with Crippen LogP contribution < -0.4 is 5.32 Å². The zero-order valence-electron chi connectivity index (χ0n) is 12.0. The summed E-state index contributed by atoms with van der Waals surface area (Å²) in [5.41, 5.74) is 0. The van der Waals surface area contributed by atoms with Crippen molar-refractivity contribution in [3.8, 4) is 0 Å². The molecule has 2 heterocycles. The first-order chi connectivity index (χ1) is 9.79. The highest BCUT2D eigenvalue weighted by Gasteiger charge is 2.44. The summed E-state index contributed by atoms with van der Waals surface area (Å²) in [6, 6.07) is 0.178. The lowest BCUT2D eigenvalue weighted by Crippen LogP contribution is -2.46. The molecule has 0 aromatic carbocycles. The fourth-order valence-corrected chi connectivity index (χ4v) is 4.71. The molecule has 0 spiro atoms. The summed E-state index contributed by atoms with van der Waals surface area (Å²) in [5.74, 6) is -1.58. The molecule has 21 heavy (non-hydrogen) atoms. The van der Waals surface area contributed by atoms with E-state index in [-0.39, 0.29) is 31.2 Å². The molecule has 2 atom stereocenters. The van der Waals surface area contributed by atoms with Gasteiger partial charge in [0.05, 0.1) is 11.7 Å². The number of hydrogen-bond acceptors (Lipinski definition) is 3. The zero-order chi connectivity index (χ0) is 15.5. The fraction of sp³-hybridized carbons (Fsp3) is 1.00. The van der Waals surface area contributed by atoms with Crippen LogP contribution in [0.4, 0.5) is 13.2 Å². The predicted molar refractivity (Wildman–Crippen MR) is 74.4 cm³/mol. The Hall–Kier alpha value is -0.340. The first-order valence-electron chi connectivity index (χ1n) is 7.57. The van der Waals surface area contributed by atoms with Crippen molar-refractivity contribution in [2.75, 3.05) is 25.4 Å². The van der Waals surface area contributed by atoms with Gasteiger partial charge in [-0.15, -0.1) is 0 Å². The average molecular weight is 328 g/mol. The molecule has 124 valence electrons. The summed E-state index contributed by atoms with van der Waals surface area (Å²) in [7, 11) is -3.58. The molecule has 2 rings (SSSR count). The van der Waals surface area contributed by atoms with Crippen LogP contribution >= 0.6 is 0 Å². The Balaban J connectivity index is 1.89. The Morgan fingerprint density at radius 2 is 1.90 bits per heavy atom. The molecular weight excluding hydrogens is 305 g/mol. The van der Waals surface area contributed by atoms with E-state index in [4.69, 9.17) is 0 Å². The topological polar surface area (TPSA) is 49.4 Å². The van der Waals surface area contributed by atoms with E-state index in [1.807, 2.05) is 0 Å². The van der Waals surface area contributed by atoms with E-state index >= 15 is 0 Å². The summed E-state index contributed by atoms with van der Waals surface area (Å²) in [6.45, 7) is 0.696. The highest BCUT2D eigenvalue weighted by Crippen LogP contribution is 2.34. The highest BCUT2D eigenvalue weighted by molar-refractivity contribution is 7.89. The minimum Gasteiger partial charge on any atom is -0.314 e. The third-order valence-electron chi connectivity index (χ3n) is 4.38. The molecule has 0 aliphatic carbocycles. The Bertz CT molecular complexity index is 433. The molecule has 0 amide bonds. The van der Waals surface area contributed by atoms with Crippen LogP contribution in [0.25, 0.3) is 0 Å². The van der Waals surface area contributed by atoms with E-state index in [1.165, 1.54) is 0 Å². The molecule has 2 aliphatic heterocycles. The van der Waals surface area contributed by atoms with Gasteiger partial charge in [-0.3, -0.25) is 0 Å². The van der Waals surface area contributed by atoms with Crippen molar-refractivity contribution in [2.24, 2.45) is 5.92 Å². The van der Waals surface area contributed by atoms with Gasteiger partial charge in [-0.25, -0.2) is 12.7 Å². The van der Waals surface area contributed by atoms with Crippen molar-refractivity contribution in [1.29, 1.82) is 0 Å². The summed E-state index contributed by atoms with van der Waals surface area (Å²) < 4.78 is 63.7. The summed E-state index contributed by atoms with van der Waals surface area (Å²) >= 11 is 0. The van der Waals surface area contributed by atoms with Crippen molar-refractivity contribution >= 4 is 10.0 Å². The van der Waals surface area contributed by atoms with Crippen molar-refractivity contribution in [3.05, 3.63) is 0 Å². The van der Waals surface area contributed by atoms with Crippen LogP contribution in [-0.4, -0.2) is 50.3 Å². The largest absolute Gasteiger partial charge is 0.393 e. The summed E-state index contributed by atoms with van der Waals surface area (Å²) in [6.07, 6.45) is -0.389. The molecule has 2 fully saturated rings. The second kappa shape index (κ2) is 6.83. The highest BCUT2D eigenvalue weighted by atomic mass is 32.2. The van der Waals surface area contributed by atoms with Gasteiger partial charge in [-0.1, -0.05) is 6.42 Å². The van der Waals surface area contributed by atoms with Crippen LogP contribution in [0.2, 0.25) is 0 Å². The predicted octanol–water partition coefficient (Wildman–Crippen LogP) is 2.12. The lowest BCUT2D eigenvalue weighted by molar-refractivity contribution is -0.182. The molecule has 0 aromatic rings. The van der Waals surface area contributed by atoms with Crippen LogP contribution in [0.15, 0.2) is 0 Å². The fourth-order valence-electron chi connectivity index (χ4n) is 3.05. The zero-order valence-corrected chi connectivity index (χ0v) is 12.8. The second-order valence-corrected chi connectivity index (χ2v) is 8.08. The second-order valence-electron chi connectivity index (χ2n) is 5.99. The van der Waals surface area contributed by atoms with Gasteiger partial charge in [0.25, 0.3) is 0 Å². The molecule has 0 bridgehead atoms. The molecule has 0 aromatic heterocycles. The number of alkyl halides is 3. The molecule has 2 saturated heterocycles. The standard InChI is InChI=1S/C13H23F3N2O2S/c14-13(15,16)11-4-3-8-18(10-11)21(19,20)9-6-12-5-1-2-7-17-12/h11-12,17H,1-10H2. The average Bonchev–Trinajstić information content (AvgIpc) is 2.46. The van der Waals surface area contributed by atoms with Crippen LogP contribution in [0.1, 0.15) is 38.5 Å². The van der Waals surface area contributed by atoms with Crippen molar-refractivity contribution in [1.82, 2.24) is 9.62 Å². The molecule has 2 aliphatic rings. The monoisotopic (exact) mass is 328 g/mol. The van der Waals surface area contributed by atoms with Crippen LogP contribution in [-0.2, 0) is 10.0 Å². The van der Waals surface area contributed by atoms with Crippen molar-refractivity contribution in [3.63, 3.8) is 0 Å². The molecule has 8 heteroatoms. The number of halogens is 3. The quantitative estimate of drug-likeness (QED) is 0.860. The Morgan fingerprint density at radius 3 is 2.52 bits per heavy atom. The Kier molecular flexibility index (Phi) is 5.54. The molecule has 4 nitrogen and oxygen atoms in total. The Morgan fingerprint density at radius 1 is 1.14 bits per heavy atom. The molecule has 0 saturated carbocycles. The van der Waals surface area contributed by atoms with E-state index in [0.29, 0.717) is 6.42 Å². The van der Waals surface area contributed by atoms with Crippen molar-refractivity contribution < 1.29 is 21.6 Å². The SMILES string of the molecule is O=S(=O)(CCC1CCCCN1)N1CCCC(C(F)(F)F)C1. The molecule has 0 radical (unpaired) electrons. The summed E-state index contributed by atoms with van der Waals surface area (Å²) in [5, 5.41) is 3.26. The van der Waals surface area contributed by atoms with E-state index in [2.05, 4.69) is 5.32 Å². The lowest BCUT2D eigenvalue weighted by atomic mass is 9.99. The minimum absolute atomic E-state index is 0.0275. The number of nitrogens with one attached hydrogen (secondary N) is 1. The Labute approximate surface area is 124 Å². The van der Waals surface area contributed by atoms with E-state index in [0.717, 1.165) is 30.1 Å². The van der Waals surface area contributed by atoms with Gasteiger partial charge in [-0.05, 0) is 38.6 Å². The first kappa shape index (κ1) is 17.0. The maximum Gasteiger partial charge on any atom is 0.393 e. The molecule has 2 unspecified atom stereocenters. The number of sulfonamides is 1. The number of piperidine rings is 2. The van der Waals surface area contributed by atoms with E-state index in [1.54, 1.807) is 0 Å². The number of hydrogen-bond donors (Lipinski definition) is 1. The van der Waals surface area contributed by atoms with Crippen molar-refractivity contribution in [2.45, 2.75) is 50.7 Å². The smallest absolute Gasteiger partial charge is 0.314 e. The molecule has 1 N–H and O–H groups in total. The van der Waals surface area contributed by atoms with Gasteiger partial charge in [0.2, 0.25) is 10.0 Å². The summed E-state index contributed by atoms with van der Waals surface area (Å²) in [4.78, 5) is 0. The van der Waals surface area contributed by atoms with Gasteiger partial charge in [0.15, 0.2) is 0 Å². The lowest BCUT2D eigenvalue weighted by Gasteiger charge is -2.33. The van der Waals surface area contributed by atoms with Crippen LogP contribution in [0.5, 0.6) is 0 Å².